The fourth-order valence-corrected chi connectivity index (χ4v) is 2.18. The normalized spacial score (nSPS) is 11.0. The van der Waals surface area contributed by atoms with Crippen molar-refractivity contribution in [1.29, 1.82) is 0 Å². The van der Waals surface area contributed by atoms with E-state index in [1.54, 1.807) is 6.08 Å². The number of hydrogen-bond donors (Lipinski definition) is 1. The highest BCUT2D eigenvalue weighted by Crippen LogP contribution is 2.24. The van der Waals surface area contributed by atoms with Crippen LogP contribution >= 0.6 is 0 Å². The number of rotatable bonds is 5. The van der Waals surface area contributed by atoms with E-state index in [0.29, 0.717) is 5.69 Å². The van der Waals surface area contributed by atoms with Gasteiger partial charge in [0, 0.05) is 18.2 Å². The Morgan fingerprint density at radius 2 is 1.92 bits per heavy atom. The number of aromatic nitrogens is 1. The van der Waals surface area contributed by atoms with E-state index in [9.17, 15) is 13.6 Å². The lowest BCUT2D eigenvalue weighted by atomic mass is 10.1. The Hall–Kier alpha value is -3.28. The molecule has 0 saturated carbocycles. The third-order valence-corrected chi connectivity index (χ3v) is 3.43. The molecule has 0 unspecified atom stereocenters. The minimum atomic E-state index is -0.738. The summed E-state index contributed by atoms with van der Waals surface area (Å²) in [7, 11) is 0. The minimum absolute atomic E-state index is 0.107. The predicted octanol–water partition coefficient (Wildman–Crippen LogP) is 3.95. The summed E-state index contributed by atoms with van der Waals surface area (Å²) in [6, 6.07) is 14.1. The van der Waals surface area contributed by atoms with Crippen molar-refractivity contribution in [1.82, 2.24) is 10.5 Å². The predicted molar refractivity (Wildman–Crippen MR) is 89.2 cm³/mol. The molecule has 4 nitrogen and oxygen atoms in total. The molecule has 0 aliphatic heterocycles. The molecule has 0 aliphatic carbocycles. The van der Waals surface area contributed by atoms with Crippen molar-refractivity contribution in [2.45, 2.75) is 6.54 Å². The molecular weight excluding hydrogens is 326 g/mol. The number of hydrogen-bond acceptors (Lipinski definition) is 3. The molecular formula is C19H14F2N2O2. The van der Waals surface area contributed by atoms with Gasteiger partial charge in [0.2, 0.25) is 5.91 Å². The highest BCUT2D eigenvalue weighted by molar-refractivity contribution is 5.91. The molecule has 0 saturated heterocycles. The van der Waals surface area contributed by atoms with Gasteiger partial charge in [0.1, 0.15) is 17.3 Å². The summed E-state index contributed by atoms with van der Waals surface area (Å²) in [5.74, 6) is -1.53. The Balaban J connectivity index is 1.60. The van der Waals surface area contributed by atoms with Gasteiger partial charge in [-0.1, -0.05) is 35.5 Å². The van der Waals surface area contributed by atoms with Gasteiger partial charge in [0.05, 0.1) is 12.1 Å². The van der Waals surface area contributed by atoms with Gasteiger partial charge in [0.15, 0.2) is 5.76 Å². The third kappa shape index (κ3) is 4.38. The monoisotopic (exact) mass is 340 g/mol. The summed E-state index contributed by atoms with van der Waals surface area (Å²) >= 11 is 0. The van der Waals surface area contributed by atoms with Gasteiger partial charge in [0.25, 0.3) is 0 Å². The zero-order valence-electron chi connectivity index (χ0n) is 13.1. The molecule has 3 rings (SSSR count). The van der Waals surface area contributed by atoms with Crippen molar-refractivity contribution in [2.75, 3.05) is 0 Å². The average molecular weight is 340 g/mol. The fraction of sp³-hybridized carbons (Fsp3) is 0.0526. The van der Waals surface area contributed by atoms with E-state index >= 15 is 0 Å². The fourth-order valence-electron chi connectivity index (χ4n) is 2.18. The van der Waals surface area contributed by atoms with E-state index < -0.39 is 11.6 Å². The molecule has 0 atom stereocenters. The zero-order chi connectivity index (χ0) is 17.6. The molecule has 0 fully saturated rings. The lowest BCUT2D eigenvalue weighted by molar-refractivity contribution is -0.116. The second kappa shape index (κ2) is 7.53. The van der Waals surface area contributed by atoms with Gasteiger partial charge >= 0.3 is 0 Å². The molecule has 0 spiro atoms. The van der Waals surface area contributed by atoms with Crippen LogP contribution in [0.5, 0.6) is 0 Å². The molecule has 1 N–H and O–H groups in total. The lowest BCUT2D eigenvalue weighted by Crippen LogP contribution is -2.20. The van der Waals surface area contributed by atoms with Crippen LogP contribution in [0.4, 0.5) is 8.78 Å². The zero-order valence-corrected chi connectivity index (χ0v) is 13.1. The number of carbonyl (C=O) groups is 1. The Kier molecular flexibility index (Phi) is 4.99. The number of nitrogens with zero attached hydrogens (tertiary/aromatic N) is 1. The molecule has 0 bridgehead atoms. The number of nitrogens with one attached hydrogen (secondary N) is 1. The second-order valence-corrected chi connectivity index (χ2v) is 5.27. The molecule has 0 radical (unpaired) electrons. The first-order valence-corrected chi connectivity index (χ1v) is 7.54. The summed E-state index contributed by atoms with van der Waals surface area (Å²) in [5.41, 5.74) is 1.45. The first-order chi connectivity index (χ1) is 12.1. The number of carbonyl (C=O) groups excluding carboxylic acids is 1. The largest absolute Gasteiger partial charge is 0.356 e. The Bertz CT molecular complexity index is 905. The highest BCUT2D eigenvalue weighted by Gasteiger charge is 2.12. The maximum Gasteiger partial charge on any atom is 0.244 e. The van der Waals surface area contributed by atoms with Gasteiger partial charge in [-0.3, -0.25) is 4.79 Å². The van der Waals surface area contributed by atoms with Crippen molar-refractivity contribution >= 4 is 12.0 Å². The maximum atomic E-state index is 13.7. The molecule has 3 aromatic rings. The molecule has 1 aromatic heterocycles. The van der Waals surface area contributed by atoms with Crippen LogP contribution in [0.1, 0.15) is 11.3 Å². The van der Waals surface area contributed by atoms with E-state index in [4.69, 9.17) is 4.52 Å². The molecule has 6 heteroatoms. The summed E-state index contributed by atoms with van der Waals surface area (Å²) < 4.78 is 31.7. The van der Waals surface area contributed by atoms with E-state index in [0.717, 1.165) is 17.7 Å². The van der Waals surface area contributed by atoms with Crippen LogP contribution in [0.25, 0.3) is 17.4 Å². The van der Waals surface area contributed by atoms with Crippen LogP contribution in [0.3, 0.4) is 0 Å². The molecule has 2 aromatic carbocycles. The Morgan fingerprint density at radius 1 is 1.12 bits per heavy atom. The van der Waals surface area contributed by atoms with Crippen molar-refractivity contribution in [3.8, 4) is 11.3 Å². The summed E-state index contributed by atoms with van der Waals surface area (Å²) in [6.07, 6.45) is 3.10. The molecule has 1 heterocycles. The van der Waals surface area contributed by atoms with Gasteiger partial charge in [-0.2, -0.15) is 0 Å². The van der Waals surface area contributed by atoms with Crippen LogP contribution < -0.4 is 5.32 Å². The average Bonchev–Trinajstić information content (AvgIpc) is 3.08. The quantitative estimate of drug-likeness (QED) is 0.716. The standard InChI is InChI=1S/C19H14F2N2O2/c20-14-7-8-16(17(21)10-14)18-11-15(23-25-18)12-22-19(24)9-6-13-4-2-1-3-5-13/h1-11H,12H2,(H,22,24)/b9-6+. The van der Waals surface area contributed by atoms with E-state index in [-0.39, 0.29) is 23.8 Å². The van der Waals surface area contributed by atoms with Crippen molar-refractivity contribution in [3.63, 3.8) is 0 Å². The maximum absolute atomic E-state index is 13.7. The van der Waals surface area contributed by atoms with Crippen LogP contribution in [-0.4, -0.2) is 11.1 Å². The first kappa shape index (κ1) is 16.6. The molecule has 1 amide bonds. The minimum Gasteiger partial charge on any atom is -0.356 e. The number of benzene rings is 2. The van der Waals surface area contributed by atoms with Crippen LogP contribution in [0, 0.1) is 11.6 Å². The topological polar surface area (TPSA) is 55.1 Å². The van der Waals surface area contributed by atoms with Crippen molar-refractivity contribution < 1.29 is 18.1 Å². The Labute approximate surface area is 142 Å². The molecule has 25 heavy (non-hydrogen) atoms. The van der Waals surface area contributed by atoms with E-state index in [2.05, 4.69) is 10.5 Å². The van der Waals surface area contributed by atoms with Crippen LogP contribution in [0.2, 0.25) is 0 Å². The van der Waals surface area contributed by atoms with Gasteiger partial charge in [-0.25, -0.2) is 8.78 Å². The summed E-state index contributed by atoms with van der Waals surface area (Å²) in [4.78, 5) is 11.8. The SMILES string of the molecule is O=C(/C=C/c1ccccc1)NCc1cc(-c2ccc(F)cc2F)on1. The molecule has 126 valence electrons. The Morgan fingerprint density at radius 3 is 2.68 bits per heavy atom. The van der Waals surface area contributed by atoms with Crippen molar-refractivity contribution in [2.24, 2.45) is 0 Å². The molecule has 0 aliphatic rings. The second-order valence-electron chi connectivity index (χ2n) is 5.27. The van der Waals surface area contributed by atoms with Gasteiger partial charge < -0.3 is 9.84 Å². The van der Waals surface area contributed by atoms with Gasteiger partial charge in [-0.15, -0.1) is 0 Å². The smallest absolute Gasteiger partial charge is 0.244 e. The first-order valence-electron chi connectivity index (χ1n) is 7.54. The number of halogens is 2. The van der Waals surface area contributed by atoms with E-state index in [1.807, 2.05) is 30.3 Å². The highest BCUT2D eigenvalue weighted by atomic mass is 19.1. The third-order valence-electron chi connectivity index (χ3n) is 3.43. The number of amides is 1. The van der Waals surface area contributed by atoms with Gasteiger partial charge in [-0.05, 0) is 23.8 Å². The van der Waals surface area contributed by atoms with Crippen LogP contribution in [0.15, 0.2) is 65.2 Å². The van der Waals surface area contributed by atoms with E-state index in [1.165, 1.54) is 18.2 Å². The van der Waals surface area contributed by atoms with Crippen molar-refractivity contribution in [3.05, 3.63) is 83.6 Å². The summed E-state index contributed by atoms with van der Waals surface area (Å²) in [6.45, 7) is 0.129. The lowest BCUT2D eigenvalue weighted by Gasteiger charge is -1.98. The summed E-state index contributed by atoms with van der Waals surface area (Å²) in [5, 5.41) is 6.43. The van der Waals surface area contributed by atoms with Crippen LogP contribution in [-0.2, 0) is 11.3 Å².